The molecular weight excluding hydrogens is 272 g/mol. The van der Waals surface area contributed by atoms with Gasteiger partial charge in [0.15, 0.2) is 5.13 Å². The molecular formula is C15H16N2O2S. The third kappa shape index (κ3) is 2.54. The van der Waals surface area contributed by atoms with Crippen LogP contribution < -0.4 is 5.32 Å². The molecule has 1 N–H and O–H groups in total. The lowest BCUT2D eigenvalue weighted by Crippen LogP contribution is -2.03. The Bertz CT molecular complexity index is 624. The van der Waals surface area contributed by atoms with E-state index in [0.29, 0.717) is 16.8 Å². The summed E-state index contributed by atoms with van der Waals surface area (Å²) in [5, 5.41) is 4.20. The number of aromatic nitrogens is 1. The van der Waals surface area contributed by atoms with Gasteiger partial charge in [0.05, 0.1) is 12.8 Å². The minimum absolute atomic E-state index is 0.316. The second-order valence-electron chi connectivity index (χ2n) is 4.93. The van der Waals surface area contributed by atoms with E-state index in [-0.39, 0.29) is 5.97 Å². The smallest absolute Gasteiger partial charge is 0.350 e. The normalized spacial score (nSPS) is 20.5. The zero-order valence-electron chi connectivity index (χ0n) is 11.4. The number of thiazole rings is 1. The average molecular weight is 288 g/mol. The summed E-state index contributed by atoms with van der Waals surface area (Å²) in [4.78, 5) is 16.5. The average Bonchev–Trinajstić information content (AvgIpc) is 3.14. The lowest BCUT2D eigenvalue weighted by atomic mass is 10.1. The summed E-state index contributed by atoms with van der Waals surface area (Å²) >= 11 is 1.36. The summed E-state index contributed by atoms with van der Waals surface area (Å²) in [5.41, 5.74) is 2.08. The van der Waals surface area contributed by atoms with Gasteiger partial charge in [-0.1, -0.05) is 41.7 Å². The summed E-state index contributed by atoms with van der Waals surface area (Å²) < 4.78 is 4.75. The van der Waals surface area contributed by atoms with E-state index in [1.807, 2.05) is 13.0 Å². The third-order valence-electron chi connectivity index (χ3n) is 3.49. The standard InChI is InChI=1S/C15H16N2O2S/c1-9-13(14(18)19-2)20-15(16-9)17-12-8-11(12)10-6-4-3-5-7-10/h3-7,11-12H,8H2,1-2H3,(H,16,17). The van der Waals surface area contributed by atoms with E-state index in [9.17, 15) is 4.79 Å². The second-order valence-corrected chi connectivity index (χ2v) is 5.93. The molecule has 2 atom stereocenters. The molecule has 1 aliphatic rings. The van der Waals surface area contributed by atoms with Gasteiger partial charge >= 0.3 is 5.97 Å². The summed E-state index contributed by atoms with van der Waals surface area (Å²) in [6, 6.07) is 10.9. The number of nitrogens with zero attached hydrogens (tertiary/aromatic N) is 1. The molecule has 0 spiro atoms. The van der Waals surface area contributed by atoms with Crippen molar-refractivity contribution in [1.29, 1.82) is 0 Å². The Kier molecular flexibility index (Phi) is 3.44. The molecule has 3 rings (SSSR count). The number of hydrogen-bond donors (Lipinski definition) is 1. The first-order chi connectivity index (χ1) is 9.69. The molecule has 104 valence electrons. The monoisotopic (exact) mass is 288 g/mol. The van der Waals surface area contributed by atoms with Crippen molar-refractivity contribution in [1.82, 2.24) is 4.98 Å². The number of benzene rings is 1. The molecule has 1 aromatic heterocycles. The highest BCUT2D eigenvalue weighted by molar-refractivity contribution is 7.17. The van der Waals surface area contributed by atoms with Gasteiger partial charge in [-0.2, -0.15) is 0 Å². The van der Waals surface area contributed by atoms with Gasteiger partial charge in [-0.05, 0) is 18.9 Å². The van der Waals surface area contributed by atoms with Crippen LogP contribution >= 0.6 is 11.3 Å². The van der Waals surface area contributed by atoms with Crippen molar-refractivity contribution < 1.29 is 9.53 Å². The van der Waals surface area contributed by atoms with Crippen LogP contribution in [0, 0.1) is 6.92 Å². The quantitative estimate of drug-likeness (QED) is 0.878. The van der Waals surface area contributed by atoms with Crippen molar-refractivity contribution in [2.24, 2.45) is 0 Å². The van der Waals surface area contributed by atoms with Gasteiger partial charge in [-0.25, -0.2) is 9.78 Å². The molecule has 2 aromatic rings. The van der Waals surface area contributed by atoms with Crippen molar-refractivity contribution in [2.45, 2.75) is 25.3 Å². The Hall–Kier alpha value is -1.88. The number of carbonyl (C=O) groups is 1. The van der Waals surface area contributed by atoms with Crippen LogP contribution in [0.2, 0.25) is 0 Å². The van der Waals surface area contributed by atoms with Gasteiger partial charge < -0.3 is 10.1 Å². The molecule has 5 heteroatoms. The SMILES string of the molecule is COC(=O)c1sc(NC2CC2c2ccccc2)nc1C. The first-order valence-corrected chi connectivity index (χ1v) is 7.38. The van der Waals surface area contributed by atoms with Crippen LogP contribution in [-0.2, 0) is 4.74 Å². The fraction of sp³-hybridized carbons (Fsp3) is 0.333. The summed E-state index contributed by atoms with van der Waals surface area (Å²) in [7, 11) is 1.39. The van der Waals surface area contributed by atoms with E-state index in [0.717, 1.165) is 17.2 Å². The van der Waals surface area contributed by atoms with Crippen LogP contribution in [0.5, 0.6) is 0 Å². The summed E-state index contributed by atoms with van der Waals surface area (Å²) in [6.07, 6.45) is 1.11. The van der Waals surface area contributed by atoms with Crippen molar-refractivity contribution in [3.8, 4) is 0 Å². The predicted octanol–water partition coefficient (Wildman–Crippen LogP) is 3.21. The summed E-state index contributed by atoms with van der Waals surface area (Å²) in [5.74, 6) is 0.227. The molecule has 1 aromatic carbocycles. The Balaban J connectivity index is 1.67. The number of aryl methyl sites for hydroxylation is 1. The van der Waals surface area contributed by atoms with Crippen LogP contribution in [0.1, 0.15) is 33.3 Å². The van der Waals surface area contributed by atoms with Gasteiger partial charge in [-0.3, -0.25) is 0 Å². The van der Waals surface area contributed by atoms with Gasteiger partial charge in [0.2, 0.25) is 0 Å². The van der Waals surface area contributed by atoms with Gasteiger partial charge in [-0.15, -0.1) is 0 Å². The number of nitrogens with one attached hydrogen (secondary N) is 1. The number of methoxy groups -OCH3 is 1. The van der Waals surface area contributed by atoms with Crippen molar-refractivity contribution >= 4 is 22.4 Å². The highest BCUT2D eigenvalue weighted by Crippen LogP contribution is 2.43. The first kappa shape index (κ1) is 13.1. The number of rotatable bonds is 4. The fourth-order valence-electron chi connectivity index (χ4n) is 2.32. The molecule has 0 aliphatic heterocycles. The topological polar surface area (TPSA) is 51.2 Å². The van der Waals surface area contributed by atoms with Crippen LogP contribution in [-0.4, -0.2) is 24.1 Å². The van der Waals surface area contributed by atoms with Crippen LogP contribution in [0.4, 0.5) is 5.13 Å². The number of carbonyl (C=O) groups excluding carboxylic acids is 1. The molecule has 1 saturated carbocycles. The zero-order chi connectivity index (χ0) is 14.1. The molecule has 0 saturated heterocycles. The zero-order valence-corrected chi connectivity index (χ0v) is 12.2. The van der Waals surface area contributed by atoms with Crippen LogP contribution in [0.3, 0.4) is 0 Å². The highest BCUT2D eigenvalue weighted by Gasteiger charge is 2.38. The maximum absolute atomic E-state index is 11.6. The molecule has 0 bridgehead atoms. The largest absolute Gasteiger partial charge is 0.465 e. The Morgan fingerprint density at radius 3 is 2.85 bits per heavy atom. The summed E-state index contributed by atoms with van der Waals surface area (Å²) in [6.45, 7) is 1.83. The van der Waals surface area contributed by atoms with Crippen molar-refractivity contribution in [3.63, 3.8) is 0 Å². The number of hydrogen-bond acceptors (Lipinski definition) is 5. The Morgan fingerprint density at radius 1 is 1.40 bits per heavy atom. The first-order valence-electron chi connectivity index (χ1n) is 6.56. The van der Waals surface area contributed by atoms with Crippen molar-refractivity contribution in [3.05, 3.63) is 46.5 Å². The maximum Gasteiger partial charge on any atom is 0.350 e. The Labute approximate surface area is 121 Å². The number of esters is 1. The molecule has 0 amide bonds. The molecule has 1 aliphatic carbocycles. The fourth-order valence-corrected chi connectivity index (χ4v) is 3.27. The second kappa shape index (κ2) is 5.25. The molecule has 1 fully saturated rings. The minimum Gasteiger partial charge on any atom is -0.465 e. The van der Waals surface area contributed by atoms with E-state index in [2.05, 4.69) is 34.6 Å². The molecule has 1 heterocycles. The number of ether oxygens (including phenoxy) is 1. The van der Waals surface area contributed by atoms with E-state index in [4.69, 9.17) is 4.74 Å². The third-order valence-corrected chi connectivity index (χ3v) is 4.56. The van der Waals surface area contributed by atoms with Gasteiger partial charge in [0, 0.05) is 12.0 Å². The van der Waals surface area contributed by atoms with Crippen molar-refractivity contribution in [2.75, 3.05) is 12.4 Å². The highest BCUT2D eigenvalue weighted by atomic mass is 32.1. The maximum atomic E-state index is 11.6. The van der Waals surface area contributed by atoms with E-state index >= 15 is 0 Å². The Morgan fingerprint density at radius 2 is 2.15 bits per heavy atom. The number of anilines is 1. The molecule has 4 nitrogen and oxygen atoms in total. The predicted molar refractivity (Wildman–Crippen MR) is 79.4 cm³/mol. The minimum atomic E-state index is -0.316. The van der Waals surface area contributed by atoms with Gasteiger partial charge in [0.25, 0.3) is 0 Å². The lowest BCUT2D eigenvalue weighted by molar-refractivity contribution is 0.0605. The van der Waals surface area contributed by atoms with E-state index in [1.165, 1.54) is 24.0 Å². The molecule has 2 unspecified atom stereocenters. The van der Waals surface area contributed by atoms with Gasteiger partial charge in [0.1, 0.15) is 4.88 Å². The van der Waals surface area contributed by atoms with Crippen LogP contribution in [0.15, 0.2) is 30.3 Å². The van der Waals surface area contributed by atoms with E-state index < -0.39 is 0 Å². The van der Waals surface area contributed by atoms with E-state index in [1.54, 1.807) is 0 Å². The molecule has 0 radical (unpaired) electrons. The lowest BCUT2D eigenvalue weighted by Gasteiger charge is -2.01. The molecule has 20 heavy (non-hydrogen) atoms. The van der Waals surface area contributed by atoms with Crippen LogP contribution in [0.25, 0.3) is 0 Å².